The zero-order valence-corrected chi connectivity index (χ0v) is 19.9. The van der Waals surface area contributed by atoms with Gasteiger partial charge in [0.15, 0.2) is 0 Å². The zero-order valence-electron chi connectivity index (χ0n) is 19.9. The molecule has 1 atom stereocenters. The Morgan fingerprint density at radius 3 is 2.56 bits per heavy atom. The largest absolute Gasteiger partial charge is 0.372 e. The summed E-state index contributed by atoms with van der Waals surface area (Å²) in [7, 11) is 1.82. The van der Waals surface area contributed by atoms with Gasteiger partial charge in [-0.1, -0.05) is 24.3 Å². The van der Waals surface area contributed by atoms with Gasteiger partial charge in [0.1, 0.15) is 5.60 Å². The highest BCUT2D eigenvalue weighted by molar-refractivity contribution is 5.82. The Balaban J connectivity index is 1.23. The van der Waals surface area contributed by atoms with E-state index in [0.29, 0.717) is 11.8 Å². The number of hydrogen-bond donors (Lipinski definition) is 1. The van der Waals surface area contributed by atoms with Crippen molar-refractivity contribution in [1.82, 2.24) is 19.8 Å². The number of nitrogens with one attached hydrogen (secondary N) is 1. The predicted octanol–water partition coefficient (Wildman–Crippen LogP) is 3.29. The second-order valence-corrected chi connectivity index (χ2v) is 9.92. The first-order valence-corrected chi connectivity index (χ1v) is 12.5. The first kappa shape index (κ1) is 21.6. The Labute approximate surface area is 200 Å². The standard InChI is InChI=1S/C27H33N5O2/c1-34-27(10-2-11-28-19-27)23-7-5-20(6-8-23)22-17-25-24(9-12-29-32(25)18-22)30-13-15-31(16-14-30)26(33)21-3-4-21/h5-9,12,17-18,21,28H,2-4,10-11,13-16,19H2,1H3/t27-/m0/s1. The van der Waals surface area contributed by atoms with Crippen LogP contribution in [0.1, 0.15) is 31.2 Å². The number of hydrogen-bond acceptors (Lipinski definition) is 5. The van der Waals surface area contributed by atoms with Crippen molar-refractivity contribution in [2.24, 2.45) is 5.92 Å². The van der Waals surface area contributed by atoms with E-state index in [1.807, 2.05) is 22.7 Å². The number of anilines is 1. The van der Waals surface area contributed by atoms with Gasteiger partial charge in [0, 0.05) is 63.7 Å². The number of carbonyl (C=O) groups is 1. The third-order valence-electron chi connectivity index (χ3n) is 7.82. The monoisotopic (exact) mass is 459 g/mol. The molecule has 3 aliphatic rings. The average Bonchev–Trinajstić information content (AvgIpc) is 3.66. The molecule has 3 aromatic rings. The van der Waals surface area contributed by atoms with E-state index in [0.717, 1.165) is 76.0 Å². The van der Waals surface area contributed by atoms with Crippen LogP contribution in [0.3, 0.4) is 0 Å². The van der Waals surface area contributed by atoms with Gasteiger partial charge in [-0.15, -0.1) is 0 Å². The fourth-order valence-electron chi connectivity index (χ4n) is 5.56. The maximum absolute atomic E-state index is 12.4. The van der Waals surface area contributed by atoms with E-state index in [1.165, 1.54) is 16.8 Å². The van der Waals surface area contributed by atoms with Crippen molar-refractivity contribution in [1.29, 1.82) is 0 Å². The molecule has 1 amide bonds. The van der Waals surface area contributed by atoms with Gasteiger partial charge in [-0.2, -0.15) is 5.10 Å². The summed E-state index contributed by atoms with van der Waals surface area (Å²) < 4.78 is 7.95. The fraction of sp³-hybridized carbons (Fsp3) is 0.481. The maximum Gasteiger partial charge on any atom is 0.225 e. The molecule has 0 unspecified atom stereocenters. The number of fused-ring (bicyclic) bond motifs is 1. The van der Waals surface area contributed by atoms with Crippen molar-refractivity contribution >= 4 is 17.1 Å². The third-order valence-corrected chi connectivity index (χ3v) is 7.82. The summed E-state index contributed by atoms with van der Waals surface area (Å²) in [4.78, 5) is 16.9. The molecule has 2 aliphatic heterocycles. The third kappa shape index (κ3) is 3.87. The molecule has 3 fully saturated rings. The molecule has 1 N–H and O–H groups in total. The smallest absolute Gasteiger partial charge is 0.225 e. The minimum Gasteiger partial charge on any atom is -0.372 e. The average molecular weight is 460 g/mol. The number of piperidine rings is 1. The van der Waals surface area contributed by atoms with E-state index >= 15 is 0 Å². The van der Waals surface area contributed by atoms with Crippen LogP contribution in [0.4, 0.5) is 5.69 Å². The van der Waals surface area contributed by atoms with Crippen LogP contribution in [0.25, 0.3) is 16.6 Å². The number of carbonyl (C=O) groups excluding carboxylic acids is 1. The summed E-state index contributed by atoms with van der Waals surface area (Å²) in [6.45, 7) is 5.23. The SMILES string of the molecule is CO[C@@]1(c2ccc(-c3cc4c(N5CCN(C(=O)C6CC6)CC5)ccnn4c3)cc2)CCCNC1. The Kier molecular flexibility index (Phi) is 5.54. The van der Waals surface area contributed by atoms with Crippen molar-refractivity contribution in [2.45, 2.75) is 31.3 Å². The number of aromatic nitrogens is 2. The zero-order chi connectivity index (χ0) is 23.1. The molecule has 4 heterocycles. The maximum atomic E-state index is 12.4. The van der Waals surface area contributed by atoms with Gasteiger partial charge < -0.3 is 19.9 Å². The molecule has 1 aromatic carbocycles. The molecular formula is C27H33N5O2. The molecule has 178 valence electrons. The lowest BCUT2D eigenvalue weighted by Gasteiger charge is -2.37. The summed E-state index contributed by atoms with van der Waals surface area (Å²) in [6, 6.07) is 13.1. The lowest BCUT2D eigenvalue weighted by molar-refractivity contribution is -0.132. The van der Waals surface area contributed by atoms with Gasteiger partial charge >= 0.3 is 0 Å². The van der Waals surface area contributed by atoms with E-state index in [9.17, 15) is 4.79 Å². The number of nitrogens with zero attached hydrogens (tertiary/aromatic N) is 4. The predicted molar refractivity (Wildman–Crippen MR) is 133 cm³/mol. The van der Waals surface area contributed by atoms with E-state index in [4.69, 9.17) is 4.74 Å². The van der Waals surface area contributed by atoms with E-state index in [-0.39, 0.29) is 5.60 Å². The van der Waals surface area contributed by atoms with Crippen molar-refractivity contribution in [3.8, 4) is 11.1 Å². The van der Waals surface area contributed by atoms with Crippen LogP contribution in [0.2, 0.25) is 0 Å². The molecule has 0 bridgehead atoms. The molecule has 7 heteroatoms. The molecular weight excluding hydrogens is 426 g/mol. The number of piperazine rings is 1. The van der Waals surface area contributed by atoms with Crippen molar-refractivity contribution in [3.63, 3.8) is 0 Å². The molecule has 1 aliphatic carbocycles. The van der Waals surface area contributed by atoms with Crippen LogP contribution in [0.15, 0.2) is 48.8 Å². The van der Waals surface area contributed by atoms with Gasteiger partial charge in [0.2, 0.25) is 5.91 Å². The van der Waals surface area contributed by atoms with Gasteiger partial charge in [0.05, 0.1) is 11.2 Å². The first-order chi connectivity index (χ1) is 16.7. The van der Waals surface area contributed by atoms with E-state index in [1.54, 1.807) is 0 Å². The molecule has 34 heavy (non-hydrogen) atoms. The van der Waals surface area contributed by atoms with Gasteiger partial charge in [-0.05, 0) is 55.5 Å². The summed E-state index contributed by atoms with van der Waals surface area (Å²) in [6.07, 6.45) is 8.28. The lowest BCUT2D eigenvalue weighted by Crippen LogP contribution is -2.49. The molecule has 1 saturated carbocycles. The highest BCUT2D eigenvalue weighted by Gasteiger charge is 2.35. The van der Waals surface area contributed by atoms with E-state index < -0.39 is 0 Å². The molecule has 6 rings (SSSR count). The highest BCUT2D eigenvalue weighted by Crippen LogP contribution is 2.35. The van der Waals surface area contributed by atoms with Gasteiger partial charge in [0.25, 0.3) is 0 Å². The van der Waals surface area contributed by atoms with Gasteiger partial charge in [-0.25, -0.2) is 4.52 Å². The van der Waals surface area contributed by atoms with E-state index in [2.05, 4.69) is 57.9 Å². The van der Waals surface area contributed by atoms with Crippen LogP contribution in [-0.2, 0) is 15.1 Å². The summed E-state index contributed by atoms with van der Waals surface area (Å²) in [5, 5.41) is 8.05. The Bertz CT molecular complexity index is 1170. The van der Waals surface area contributed by atoms with Crippen LogP contribution >= 0.6 is 0 Å². The van der Waals surface area contributed by atoms with Crippen molar-refractivity contribution < 1.29 is 9.53 Å². The highest BCUT2D eigenvalue weighted by atomic mass is 16.5. The molecule has 0 radical (unpaired) electrons. The topological polar surface area (TPSA) is 62.1 Å². The van der Waals surface area contributed by atoms with Crippen LogP contribution in [0, 0.1) is 5.92 Å². The number of amides is 1. The van der Waals surface area contributed by atoms with Crippen molar-refractivity contribution in [2.75, 3.05) is 51.3 Å². The Morgan fingerprint density at radius 2 is 1.88 bits per heavy atom. The van der Waals surface area contributed by atoms with Crippen LogP contribution in [-0.4, -0.2) is 66.8 Å². The quantitative estimate of drug-likeness (QED) is 0.635. The lowest BCUT2D eigenvalue weighted by atomic mass is 9.85. The van der Waals surface area contributed by atoms with Gasteiger partial charge in [-0.3, -0.25) is 4.79 Å². The molecule has 2 saturated heterocycles. The summed E-state index contributed by atoms with van der Waals surface area (Å²) in [5.74, 6) is 0.652. The van der Waals surface area contributed by atoms with Crippen LogP contribution in [0.5, 0.6) is 0 Å². The molecule has 7 nitrogen and oxygen atoms in total. The second-order valence-electron chi connectivity index (χ2n) is 9.92. The van der Waals surface area contributed by atoms with Crippen LogP contribution < -0.4 is 10.2 Å². The summed E-state index contributed by atoms with van der Waals surface area (Å²) >= 11 is 0. The number of methoxy groups -OCH3 is 1. The Morgan fingerprint density at radius 1 is 1.09 bits per heavy atom. The first-order valence-electron chi connectivity index (χ1n) is 12.5. The Hall–Kier alpha value is -2.90. The molecule has 0 spiro atoms. The fourth-order valence-corrected chi connectivity index (χ4v) is 5.56. The number of ether oxygens (including phenoxy) is 1. The second kappa shape index (κ2) is 8.71. The minimum absolute atomic E-state index is 0.236. The number of benzene rings is 1. The molecule has 2 aromatic heterocycles. The minimum atomic E-state index is -0.236. The summed E-state index contributed by atoms with van der Waals surface area (Å²) in [5.41, 5.74) is 5.61. The normalized spacial score (nSPS) is 23.4. The number of rotatable bonds is 5. The van der Waals surface area contributed by atoms with Crippen molar-refractivity contribution in [3.05, 3.63) is 54.4 Å².